The predicted octanol–water partition coefficient (Wildman–Crippen LogP) is 4.02. The average molecular weight is 377 g/mol. The summed E-state index contributed by atoms with van der Waals surface area (Å²) in [5, 5.41) is 10.8. The zero-order valence-corrected chi connectivity index (χ0v) is 14.2. The van der Waals surface area contributed by atoms with Gasteiger partial charge in [0.05, 0.1) is 22.3 Å². The molecule has 0 radical (unpaired) electrons. The third kappa shape index (κ3) is 3.26. The molecule has 1 aliphatic rings. The van der Waals surface area contributed by atoms with Gasteiger partial charge in [-0.05, 0) is 30.3 Å². The lowest BCUT2D eigenvalue weighted by Crippen LogP contribution is -2.08. The first-order chi connectivity index (χ1) is 13.5. The van der Waals surface area contributed by atoms with Crippen LogP contribution in [0.4, 0.5) is 5.69 Å². The molecule has 1 aliphatic heterocycles. The molecule has 0 N–H and O–H groups in total. The van der Waals surface area contributed by atoms with Gasteiger partial charge in [-0.3, -0.25) is 14.9 Å². The summed E-state index contributed by atoms with van der Waals surface area (Å²) in [4.78, 5) is 34.9. The van der Waals surface area contributed by atoms with Gasteiger partial charge in [-0.1, -0.05) is 6.07 Å². The van der Waals surface area contributed by atoms with Crippen LogP contribution in [0.3, 0.4) is 0 Å². The largest absolute Gasteiger partial charge is 0.465 e. The number of ketones is 1. The van der Waals surface area contributed by atoms with Gasteiger partial charge in [-0.25, -0.2) is 4.79 Å². The highest BCUT2D eigenvalue weighted by Gasteiger charge is 2.28. The number of hydrogen-bond acceptors (Lipinski definition) is 7. The van der Waals surface area contributed by atoms with Gasteiger partial charge >= 0.3 is 5.97 Å². The van der Waals surface area contributed by atoms with Gasteiger partial charge in [0.1, 0.15) is 17.3 Å². The summed E-state index contributed by atoms with van der Waals surface area (Å²) >= 11 is 0. The van der Waals surface area contributed by atoms with Crippen molar-refractivity contribution < 1.29 is 28.4 Å². The maximum atomic E-state index is 12.4. The monoisotopic (exact) mass is 377 g/mol. The lowest BCUT2D eigenvalue weighted by Gasteiger charge is -2.05. The molecule has 8 nitrogen and oxygen atoms in total. The molecule has 2 aromatic carbocycles. The number of allylic oxidation sites excluding steroid dienone is 1. The highest BCUT2D eigenvalue weighted by atomic mass is 16.6. The molecule has 4 rings (SSSR count). The van der Waals surface area contributed by atoms with E-state index in [1.165, 1.54) is 48.7 Å². The van der Waals surface area contributed by atoms with E-state index in [9.17, 15) is 19.7 Å². The van der Waals surface area contributed by atoms with Crippen LogP contribution in [0.5, 0.6) is 11.5 Å². The van der Waals surface area contributed by atoms with E-state index in [1.54, 1.807) is 12.1 Å². The average Bonchev–Trinajstić information content (AvgIpc) is 3.30. The summed E-state index contributed by atoms with van der Waals surface area (Å²) in [6.07, 6.45) is 2.95. The van der Waals surface area contributed by atoms with E-state index in [0.29, 0.717) is 11.3 Å². The van der Waals surface area contributed by atoms with Crippen molar-refractivity contribution in [3.63, 3.8) is 0 Å². The van der Waals surface area contributed by atoms with Crippen LogP contribution in [0, 0.1) is 10.1 Å². The molecule has 8 heteroatoms. The molecule has 138 valence electrons. The van der Waals surface area contributed by atoms with E-state index in [0.717, 1.165) is 6.07 Å². The zero-order valence-electron chi connectivity index (χ0n) is 14.2. The Balaban J connectivity index is 1.55. The fourth-order valence-corrected chi connectivity index (χ4v) is 2.65. The second-order valence-corrected chi connectivity index (χ2v) is 5.81. The Labute approximate surface area is 157 Å². The van der Waals surface area contributed by atoms with Gasteiger partial charge in [0, 0.05) is 24.3 Å². The Morgan fingerprint density at radius 2 is 1.96 bits per heavy atom. The lowest BCUT2D eigenvalue weighted by molar-refractivity contribution is -0.384. The number of furan rings is 1. The first kappa shape index (κ1) is 17.2. The number of benzene rings is 2. The van der Waals surface area contributed by atoms with Gasteiger partial charge in [-0.15, -0.1) is 0 Å². The van der Waals surface area contributed by atoms with E-state index < -0.39 is 10.9 Å². The number of hydrogen-bond donors (Lipinski definition) is 0. The van der Waals surface area contributed by atoms with Gasteiger partial charge in [0.15, 0.2) is 5.76 Å². The van der Waals surface area contributed by atoms with Gasteiger partial charge < -0.3 is 13.9 Å². The Bertz CT molecular complexity index is 1130. The highest BCUT2D eigenvalue weighted by molar-refractivity contribution is 6.14. The van der Waals surface area contributed by atoms with Crippen LogP contribution >= 0.6 is 0 Å². The number of nitro benzene ring substituents is 1. The van der Waals surface area contributed by atoms with Crippen LogP contribution in [0.15, 0.2) is 71.0 Å². The molecule has 0 bridgehead atoms. The second kappa shape index (κ2) is 6.84. The highest BCUT2D eigenvalue weighted by Crippen LogP contribution is 2.35. The number of fused-ring (bicyclic) bond motifs is 1. The number of carbonyl (C=O) groups excluding carboxylic acids is 2. The van der Waals surface area contributed by atoms with Crippen LogP contribution in [-0.4, -0.2) is 16.7 Å². The lowest BCUT2D eigenvalue weighted by atomic mass is 10.1. The number of esters is 1. The van der Waals surface area contributed by atoms with E-state index in [4.69, 9.17) is 13.9 Å². The number of nitrogens with zero attached hydrogens (tertiary/aromatic N) is 1. The summed E-state index contributed by atoms with van der Waals surface area (Å²) in [5.41, 5.74) is 0.142. The van der Waals surface area contributed by atoms with Gasteiger partial charge in [-0.2, -0.15) is 0 Å². The molecule has 3 aromatic rings. The van der Waals surface area contributed by atoms with Gasteiger partial charge in [0.2, 0.25) is 5.78 Å². The van der Waals surface area contributed by atoms with Crippen LogP contribution in [0.1, 0.15) is 26.5 Å². The summed E-state index contributed by atoms with van der Waals surface area (Å²) < 4.78 is 16.0. The van der Waals surface area contributed by atoms with Crippen molar-refractivity contribution in [2.45, 2.75) is 0 Å². The maximum Gasteiger partial charge on any atom is 0.343 e. The van der Waals surface area contributed by atoms with Crippen molar-refractivity contribution in [2.24, 2.45) is 0 Å². The minimum atomic E-state index is -0.765. The van der Waals surface area contributed by atoms with E-state index >= 15 is 0 Å². The van der Waals surface area contributed by atoms with Crippen molar-refractivity contribution in [2.75, 3.05) is 0 Å². The normalized spacial score (nSPS) is 13.9. The van der Waals surface area contributed by atoms with Crippen molar-refractivity contribution in [3.8, 4) is 11.5 Å². The van der Waals surface area contributed by atoms with Gasteiger partial charge in [0.25, 0.3) is 5.69 Å². The number of rotatable bonds is 4. The van der Waals surface area contributed by atoms with Crippen LogP contribution < -0.4 is 9.47 Å². The number of carbonyl (C=O) groups is 2. The standard InChI is InChI=1S/C20H11NO7/c22-19-16-7-6-15(11-17(16)28-18(19)10-14-5-2-8-26-14)27-20(23)12-3-1-4-13(9-12)21(24)25/h1-11H/b18-10-. The minimum absolute atomic E-state index is 0.0325. The molecular formula is C20H11NO7. The molecular weight excluding hydrogens is 366 g/mol. The Morgan fingerprint density at radius 1 is 1.11 bits per heavy atom. The molecule has 2 heterocycles. The van der Waals surface area contributed by atoms with E-state index in [2.05, 4.69) is 0 Å². The minimum Gasteiger partial charge on any atom is -0.465 e. The van der Waals surface area contributed by atoms with Crippen molar-refractivity contribution in [1.82, 2.24) is 0 Å². The van der Waals surface area contributed by atoms with Crippen molar-refractivity contribution in [1.29, 1.82) is 0 Å². The number of nitro groups is 1. The summed E-state index contributed by atoms with van der Waals surface area (Å²) in [6.45, 7) is 0. The predicted molar refractivity (Wildman–Crippen MR) is 96.1 cm³/mol. The SMILES string of the molecule is O=C(Oc1ccc2c(c1)O/C(=C\c1ccco1)C2=O)c1cccc([N+](=O)[O-])c1. The topological polar surface area (TPSA) is 109 Å². The maximum absolute atomic E-state index is 12.4. The van der Waals surface area contributed by atoms with Crippen LogP contribution in [0.25, 0.3) is 6.08 Å². The molecule has 0 aliphatic carbocycles. The fraction of sp³-hybridized carbons (Fsp3) is 0. The molecule has 0 saturated carbocycles. The smallest absolute Gasteiger partial charge is 0.343 e. The number of non-ortho nitro benzene ring substituents is 1. The number of Topliss-reactive ketones (excluding diaryl/α,β-unsaturated/α-hetero) is 1. The van der Waals surface area contributed by atoms with Crippen LogP contribution in [-0.2, 0) is 0 Å². The van der Waals surface area contributed by atoms with Crippen LogP contribution in [0.2, 0.25) is 0 Å². The van der Waals surface area contributed by atoms with E-state index in [-0.39, 0.29) is 34.3 Å². The molecule has 0 fully saturated rings. The molecule has 0 atom stereocenters. The summed E-state index contributed by atoms with van der Waals surface area (Å²) in [6, 6.07) is 12.9. The first-order valence-corrected chi connectivity index (χ1v) is 8.10. The molecule has 0 spiro atoms. The zero-order chi connectivity index (χ0) is 19.7. The number of ether oxygens (including phenoxy) is 2. The first-order valence-electron chi connectivity index (χ1n) is 8.10. The molecule has 28 heavy (non-hydrogen) atoms. The third-order valence-electron chi connectivity index (χ3n) is 3.96. The third-order valence-corrected chi connectivity index (χ3v) is 3.96. The summed E-state index contributed by atoms with van der Waals surface area (Å²) in [7, 11) is 0. The molecule has 1 aromatic heterocycles. The molecule has 0 amide bonds. The Morgan fingerprint density at radius 3 is 2.71 bits per heavy atom. The summed E-state index contributed by atoms with van der Waals surface area (Å²) in [5.74, 6) is -0.141. The Hall–Kier alpha value is -4.20. The Kier molecular flexibility index (Phi) is 4.21. The molecule has 0 saturated heterocycles. The second-order valence-electron chi connectivity index (χ2n) is 5.81. The fourth-order valence-electron chi connectivity index (χ4n) is 2.65. The van der Waals surface area contributed by atoms with Crippen molar-refractivity contribution in [3.05, 3.63) is 93.6 Å². The van der Waals surface area contributed by atoms with Crippen molar-refractivity contribution >= 4 is 23.5 Å². The van der Waals surface area contributed by atoms with E-state index in [1.807, 2.05) is 0 Å². The molecule has 0 unspecified atom stereocenters. The quantitative estimate of drug-likeness (QED) is 0.222.